The summed E-state index contributed by atoms with van der Waals surface area (Å²) in [6, 6.07) is 13.7. The van der Waals surface area contributed by atoms with Crippen LogP contribution in [0.2, 0.25) is 0 Å². The van der Waals surface area contributed by atoms with Gasteiger partial charge in [-0.3, -0.25) is 0 Å². The van der Waals surface area contributed by atoms with Crippen LogP contribution in [0.15, 0.2) is 54.7 Å². The minimum absolute atomic E-state index is 0.181. The molecule has 0 fully saturated rings. The van der Waals surface area contributed by atoms with Crippen LogP contribution in [-0.4, -0.2) is 24.8 Å². The van der Waals surface area contributed by atoms with Crippen LogP contribution in [0.25, 0.3) is 5.57 Å². The molecule has 0 atom stereocenters. The molecule has 2 N–H and O–H groups in total. The van der Waals surface area contributed by atoms with E-state index in [0.29, 0.717) is 17.9 Å². The number of aromatic hydroxyl groups is 1. The third kappa shape index (κ3) is 4.51. The van der Waals surface area contributed by atoms with Crippen LogP contribution in [0.1, 0.15) is 12.5 Å². The molecule has 120 valence electrons. The highest BCUT2D eigenvalue weighted by Crippen LogP contribution is 2.21. The lowest BCUT2D eigenvalue weighted by atomic mass is 10.1. The van der Waals surface area contributed by atoms with E-state index in [-0.39, 0.29) is 5.75 Å². The van der Waals surface area contributed by atoms with Crippen LogP contribution in [-0.2, 0) is 9.53 Å². The molecule has 0 saturated carbocycles. The molecule has 0 bridgehead atoms. The molecular formula is C18H19NO4. The van der Waals surface area contributed by atoms with Gasteiger partial charge in [-0.05, 0) is 48.9 Å². The SMILES string of the molecule is CCOC(=O)/C(=C/Nc1ccc(O)cc1)c1ccc(OC)cc1. The Morgan fingerprint density at radius 2 is 1.78 bits per heavy atom. The van der Waals surface area contributed by atoms with Gasteiger partial charge in [0, 0.05) is 11.9 Å². The third-order valence-corrected chi connectivity index (χ3v) is 3.15. The number of nitrogens with one attached hydrogen (secondary N) is 1. The van der Waals surface area contributed by atoms with Gasteiger partial charge >= 0.3 is 5.97 Å². The Hall–Kier alpha value is -2.95. The number of ether oxygens (including phenoxy) is 2. The molecule has 0 aliphatic rings. The van der Waals surface area contributed by atoms with E-state index in [1.807, 2.05) is 0 Å². The molecule has 2 aromatic carbocycles. The van der Waals surface area contributed by atoms with E-state index in [1.54, 1.807) is 68.8 Å². The lowest BCUT2D eigenvalue weighted by molar-refractivity contribution is -0.136. The van der Waals surface area contributed by atoms with Crippen LogP contribution in [0.4, 0.5) is 5.69 Å². The van der Waals surface area contributed by atoms with Gasteiger partial charge in [0.15, 0.2) is 0 Å². The summed E-state index contributed by atoms with van der Waals surface area (Å²) in [4.78, 5) is 12.2. The molecule has 0 aliphatic heterocycles. The number of benzene rings is 2. The van der Waals surface area contributed by atoms with Crippen LogP contribution < -0.4 is 10.1 Å². The zero-order chi connectivity index (χ0) is 16.7. The number of anilines is 1. The maximum absolute atomic E-state index is 12.2. The van der Waals surface area contributed by atoms with E-state index in [2.05, 4.69) is 5.32 Å². The molecule has 0 amide bonds. The maximum atomic E-state index is 12.2. The van der Waals surface area contributed by atoms with Gasteiger partial charge in [-0.15, -0.1) is 0 Å². The van der Waals surface area contributed by atoms with Crippen molar-refractivity contribution in [3.8, 4) is 11.5 Å². The number of esters is 1. The molecule has 0 heterocycles. The fraction of sp³-hybridized carbons (Fsp3) is 0.167. The maximum Gasteiger partial charge on any atom is 0.340 e. The fourth-order valence-corrected chi connectivity index (χ4v) is 1.95. The summed E-state index contributed by atoms with van der Waals surface area (Å²) in [6.45, 7) is 2.06. The molecule has 0 spiro atoms. The van der Waals surface area contributed by atoms with Crippen molar-refractivity contribution in [2.75, 3.05) is 19.0 Å². The predicted octanol–water partition coefficient (Wildman–Crippen LogP) is 3.42. The standard InChI is InChI=1S/C18H19NO4/c1-3-23-18(21)17(13-4-10-16(22-2)11-5-13)12-19-14-6-8-15(20)9-7-14/h4-12,19-20H,3H2,1-2H3/b17-12+. The second kappa shape index (κ2) is 7.89. The zero-order valence-electron chi connectivity index (χ0n) is 13.1. The Morgan fingerprint density at radius 3 is 2.35 bits per heavy atom. The van der Waals surface area contributed by atoms with Gasteiger partial charge in [0.05, 0.1) is 19.3 Å². The number of carbonyl (C=O) groups excluding carboxylic acids is 1. The number of methoxy groups -OCH3 is 1. The smallest absolute Gasteiger partial charge is 0.340 e. The second-order valence-corrected chi connectivity index (χ2v) is 4.70. The van der Waals surface area contributed by atoms with Crippen molar-refractivity contribution in [3.63, 3.8) is 0 Å². The summed E-state index contributed by atoms with van der Waals surface area (Å²) < 4.78 is 10.2. The Morgan fingerprint density at radius 1 is 1.13 bits per heavy atom. The van der Waals surface area contributed by atoms with E-state index >= 15 is 0 Å². The lowest BCUT2D eigenvalue weighted by Gasteiger charge is -2.09. The number of phenols is 1. The van der Waals surface area contributed by atoms with Crippen molar-refractivity contribution in [2.45, 2.75) is 6.92 Å². The highest BCUT2D eigenvalue weighted by Gasteiger charge is 2.13. The number of carbonyl (C=O) groups is 1. The number of hydrogen-bond acceptors (Lipinski definition) is 5. The van der Waals surface area contributed by atoms with E-state index in [4.69, 9.17) is 9.47 Å². The van der Waals surface area contributed by atoms with Crippen LogP contribution in [0.5, 0.6) is 11.5 Å². The number of hydrogen-bond donors (Lipinski definition) is 2. The van der Waals surface area contributed by atoms with E-state index < -0.39 is 5.97 Å². The highest BCUT2D eigenvalue weighted by molar-refractivity contribution is 6.16. The Bertz CT molecular complexity index is 675. The van der Waals surface area contributed by atoms with E-state index in [0.717, 1.165) is 11.3 Å². The minimum atomic E-state index is -0.413. The van der Waals surface area contributed by atoms with Gasteiger partial charge in [-0.25, -0.2) is 4.79 Å². The van der Waals surface area contributed by atoms with Crippen molar-refractivity contribution in [1.29, 1.82) is 0 Å². The molecule has 2 aromatic rings. The molecule has 0 radical (unpaired) electrons. The topological polar surface area (TPSA) is 67.8 Å². The van der Waals surface area contributed by atoms with Gasteiger partial charge in [0.1, 0.15) is 11.5 Å². The van der Waals surface area contributed by atoms with Crippen LogP contribution >= 0.6 is 0 Å². The second-order valence-electron chi connectivity index (χ2n) is 4.70. The van der Waals surface area contributed by atoms with Gasteiger partial charge in [0.2, 0.25) is 0 Å². The Balaban J connectivity index is 2.26. The summed E-state index contributed by atoms with van der Waals surface area (Å²) >= 11 is 0. The average Bonchev–Trinajstić information content (AvgIpc) is 2.57. The quantitative estimate of drug-likeness (QED) is 0.486. The fourth-order valence-electron chi connectivity index (χ4n) is 1.95. The Kier molecular flexibility index (Phi) is 5.63. The van der Waals surface area contributed by atoms with Gasteiger partial charge < -0.3 is 19.9 Å². The highest BCUT2D eigenvalue weighted by atomic mass is 16.5. The largest absolute Gasteiger partial charge is 0.508 e. The summed E-state index contributed by atoms with van der Waals surface area (Å²) in [7, 11) is 1.59. The molecule has 0 aliphatic carbocycles. The van der Waals surface area contributed by atoms with E-state index in [1.165, 1.54) is 0 Å². The third-order valence-electron chi connectivity index (χ3n) is 3.15. The summed E-state index contributed by atoms with van der Waals surface area (Å²) in [5.41, 5.74) is 1.87. The van der Waals surface area contributed by atoms with Crippen molar-refractivity contribution in [3.05, 3.63) is 60.3 Å². The van der Waals surface area contributed by atoms with E-state index in [9.17, 15) is 9.90 Å². The van der Waals surface area contributed by atoms with Gasteiger partial charge in [-0.2, -0.15) is 0 Å². The molecule has 0 aromatic heterocycles. The molecule has 0 unspecified atom stereocenters. The Labute approximate surface area is 135 Å². The molecule has 2 rings (SSSR count). The first-order chi connectivity index (χ1) is 11.1. The monoisotopic (exact) mass is 313 g/mol. The molecule has 5 nitrogen and oxygen atoms in total. The van der Waals surface area contributed by atoms with Crippen molar-refractivity contribution < 1.29 is 19.4 Å². The van der Waals surface area contributed by atoms with Gasteiger partial charge in [0.25, 0.3) is 0 Å². The van der Waals surface area contributed by atoms with Crippen molar-refractivity contribution in [1.82, 2.24) is 0 Å². The molecule has 0 saturated heterocycles. The first-order valence-electron chi connectivity index (χ1n) is 7.21. The molecular weight excluding hydrogens is 294 g/mol. The zero-order valence-corrected chi connectivity index (χ0v) is 13.1. The molecule has 23 heavy (non-hydrogen) atoms. The minimum Gasteiger partial charge on any atom is -0.508 e. The molecule has 5 heteroatoms. The first-order valence-corrected chi connectivity index (χ1v) is 7.21. The van der Waals surface area contributed by atoms with Crippen molar-refractivity contribution in [2.24, 2.45) is 0 Å². The number of rotatable bonds is 6. The summed E-state index contributed by atoms with van der Waals surface area (Å²) in [5, 5.41) is 12.3. The average molecular weight is 313 g/mol. The van der Waals surface area contributed by atoms with Crippen molar-refractivity contribution >= 4 is 17.2 Å². The lowest BCUT2D eigenvalue weighted by Crippen LogP contribution is -2.08. The normalized spacial score (nSPS) is 11.0. The van der Waals surface area contributed by atoms with Crippen LogP contribution in [0.3, 0.4) is 0 Å². The van der Waals surface area contributed by atoms with Gasteiger partial charge in [-0.1, -0.05) is 12.1 Å². The predicted molar refractivity (Wildman–Crippen MR) is 89.3 cm³/mol. The number of phenolic OH excluding ortho intramolecular Hbond substituents is 1. The summed E-state index contributed by atoms with van der Waals surface area (Å²) in [6.07, 6.45) is 1.59. The first kappa shape index (κ1) is 16.4. The summed E-state index contributed by atoms with van der Waals surface area (Å²) in [5.74, 6) is 0.479. The van der Waals surface area contributed by atoms with Crippen LogP contribution in [0, 0.1) is 0 Å².